The van der Waals surface area contributed by atoms with Gasteiger partial charge in [-0.15, -0.1) is 0 Å². The summed E-state index contributed by atoms with van der Waals surface area (Å²) in [5.74, 6) is 0.0379. The summed E-state index contributed by atoms with van der Waals surface area (Å²) in [6.07, 6.45) is 4.16. The fourth-order valence-electron chi connectivity index (χ4n) is 2.35. The van der Waals surface area contributed by atoms with Crippen LogP contribution in [0.15, 0.2) is 60.9 Å². The molecule has 1 amide bonds. The third-order valence-corrected chi connectivity index (χ3v) is 4.12. The first-order valence-electron chi connectivity index (χ1n) is 8.72. The van der Waals surface area contributed by atoms with Gasteiger partial charge in [-0.3, -0.25) is 4.79 Å². The van der Waals surface area contributed by atoms with Crippen LogP contribution in [0.4, 0.5) is 4.39 Å². The molecular weight excluding hydrogens is 345 g/mol. The molecule has 3 aromatic rings. The predicted molar refractivity (Wildman–Crippen MR) is 101 cm³/mol. The number of nitrogens with one attached hydrogen (secondary N) is 1. The minimum Gasteiger partial charge on any atom is -0.424 e. The van der Waals surface area contributed by atoms with Crippen LogP contribution in [0.1, 0.15) is 30.6 Å². The van der Waals surface area contributed by atoms with Gasteiger partial charge in [-0.25, -0.2) is 14.4 Å². The Morgan fingerprint density at radius 3 is 2.26 bits per heavy atom. The molecule has 5 nitrogen and oxygen atoms in total. The third-order valence-electron chi connectivity index (χ3n) is 4.12. The number of carbonyl (C=O) groups is 1. The highest BCUT2D eigenvalue weighted by molar-refractivity contribution is 5.94. The molecule has 1 atom stereocenters. The Morgan fingerprint density at radius 1 is 1.04 bits per heavy atom. The fraction of sp³-hybridized carbons (Fsp3) is 0.190. The molecule has 138 valence electrons. The maximum absolute atomic E-state index is 12.9. The summed E-state index contributed by atoms with van der Waals surface area (Å²) >= 11 is 0. The quantitative estimate of drug-likeness (QED) is 0.693. The van der Waals surface area contributed by atoms with Crippen molar-refractivity contribution in [2.45, 2.75) is 26.3 Å². The van der Waals surface area contributed by atoms with E-state index in [-0.39, 0.29) is 23.8 Å². The van der Waals surface area contributed by atoms with E-state index >= 15 is 0 Å². The Morgan fingerprint density at radius 2 is 1.67 bits per heavy atom. The van der Waals surface area contributed by atoms with Crippen LogP contribution in [0.2, 0.25) is 0 Å². The molecule has 0 aliphatic carbocycles. The lowest BCUT2D eigenvalue weighted by molar-refractivity contribution is 0.0939. The van der Waals surface area contributed by atoms with Gasteiger partial charge in [0.05, 0.1) is 0 Å². The summed E-state index contributed by atoms with van der Waals surface area (Å²) < 4.78 is 18.4. The largest absolute Gasteiger partial charge is 0.424 e. The van der Waals surface area contributed by atoms with Crippen molar-refractivity contribution in [2.24, 2.45) is 0 Å². The van der Waals surface area contributed by atoms with Gasteiger partial charge in [0, 0.05) is 29.6 Å². The molecule has 3 rings (SSSR count). The highest BCUT2D eigenvalue weighted by Gasteiger charge is 2.09. The number of rotatable bonds is 6. The molecule has 27 heavy (non-hydrogen) atoms. The average Bonchev–Trinajstić information content (AvgIpc) is 2.70. The number of amides is 1. The van der Waals surface area contributed by atoms with Gasteiger partial charge < -0.3 is 10.1 Å². The van der Waals surface area contributed by atoms with Crippen molar-refractivity contribution in [3.8, 4) is 22.9 Å². The Hall–Kier alpha value is -3.28. The fourth-order valence-corrected chi connectivity index (χ4v) is 2.35. The minimum absolute atomic E-state index is 0.0878. The zero-order valence-corrected chi connectivity index (χ0v) is 15.1. The molecule has 1 aromatic heterocycles. The van der Waals surface area contributed by atoms with Gasteiger partial charge in [-0.05, 0) is 55.3 Å². The number of hydrogen-bond donors (Lipinski definition) is 1. The van der Waals surface area contributed by atoms with Crippen LogP contribution in [0.25, 0.3) is 11.1 Å². The zero-order chi connectivity index (χ0) is 19.2. The molecule has 0 saturated heterocycles. The first-order valence-corrected chi connectivity index (χ1v) is 8.72. The first-order chi connectivity index (χ1) is 13.0. The molecule has 0 radical (unpaired) electrons. The smallest absolute Gasteiger partial charge is 0.321 e. The van der Waals surface area contributed by atoms with E-state index in [4.69, 9.17) is 4.74 Å². The molecule has 0 spiro atoms. The van der Waals surface area contributed by atoms with Crippen molar-refractivity contribution in [3.63, 3.8) is 0 Å². The lowest BCUT2D eigenvalue weighted by Gasteiger charge is -2.11. The summed E-state index contributed by atoms with van der Waals surface area (Å²) in [5, 5.41) is 2.94. The Bertz CT molecular complexity index is 894. The number of hydrogen-bond acceptors (Lipinski definition) is 4. The lowest BCUT2D eigenvalue weighted by Crippen LogP contribution is -2.31. The van der Waals surface area contributed by atoms with Gasteiger partial charge in [-0.1, -0.05) is 19.1 Å². The summed E-state index contributed by atoms with van der Waals surface area (Å²) in [6, 6.07) is 13.2. The standard InChI is InChI=1S/C21H20FN3O2/c1-3-14(2)25-20(26)16-6-4-15(5-7-16)17-12-23-21(24-13-17)27-19-10-8-18(22)9-11-19/h4-14H,3H2,1-2H3,(H,25,26). The number of halogens is 1. The second-order valence-electron chi connectivity index (χ2n) is 6.17. The van der Waals surface area contributed by atoms with Gasteiger partial charge in [-0.2, -0.15) is 0 Å². The number of carbonyl (C=O) groups excluding carboxylic acids is 1. The van der Waals surface area contributed by atoms with E-state index in [1.165, 1.54) is 24.3 Å². The van der Waals surface area contributed by atoms with E-state index in [1.54, 1.807) is 24.5 Å². The molecule has 0 aliphatic rings. The van der Waals surface area contributed by atoms with Crippen LogP contribution in [0, 0.1) is 5.82 Å². The highest BCUT2D eigenvalue weighted by atomic mass is 19.1. The van der Waals surface area contributed by atoms with Gasteiger partial charge in [0.25, 0.3) is 5.91 Å². The molecule has 1 unspecified atom stereocenters. The van der Waals surface area contributed by atoms with E-state index in [1.807, 2.05) is 26.0 Å². The van der Waals surface area contributed by atoms with Crippen molar-refractivity contribution in [1.29, 1.82) is 0 Å². The number of ether oxygens (including phenoxy) is 1. The van der Waals surface area contributed by atoms with Crippen LogP contribution in [-0.2, 0) is 0 Å². The number of benzene rings is 2. The third kappa shape index (κ3) is 4.88. The lowest BCUT2D eigenvalue weighted by atomic mass is 10.1. The summed E-state index contributed by atoms with van der Waals surface area (Å²) in [5.41, 5.74) is 2.30. The summed E-state index contributed by atoms with van der Waals surface area (Å²) in [4.78, 5) is 20.5. The molecule has 1 N–H and O–H groups in total. The van der Waals surface area contributed by atoms with Crippen LogP contribution in [0.3, 0.4) is 0 Å². The van der Waals surface area contributed by atoms with Crippen molar-refractivity contribution in [1.82, 2.24) is 15.3 Å². The first kappa shape index (κ1) is 18.5. The van der Waals surface area contributed by atoms with Crippen LogP contribution in [0.5, 0.6) is 11.8 Å². The normalized spacial score (nSPS) is 11.7. The van der Waals surface area contributed by atoms with Crippen LogP contribution in [-0.4, -0.2) is 21.9 Å². The Labute approximate surface area is 157 Å². The monoisotopic (exact) mass is 365 g/mol. The van der Waals surface area contributed by atoms with Crippen LogP contribution >= 0.6 is 0 Å². The Balaban J connectivity index is 1.68. The van der Waals surface area contributed by atoms with E-state index in [0.717, 1.165) is 17.5 Å². The maximum atomic E-state index is 12.9. The van der Waals surface area contributed by atoms with Crippen LogP contribution < -0.4 is 10.1 Å². The van der Waals surface area contributed by atoms with E-state index < -0.39 is 0 Å². The summed E-state index contributed by atoms with van der Waals surface area (Å²) in [7, 11) is 0. The van der Waals surface area contributed by atoms with Crippen molar-refractivity contribution in [3.05, 3.63) is 72.3 Å². The average molecular weight is 365 g/mol. The number of nitrogens with zero attached hydrogens (tertiary/aromatic N) is 2. The molecule has 1 heterocycles. The van der Waals surface area contributed by atoms with Crippen molar-refractivity contribution in [2.75, 3.05) is 0 Å². The van der Waals surface area contributed by atoms with Gasteiger partial charge in [0.2, 0.25) is 0 Å². The van der Waals surface area contributed by atoms with E-state index in [2.05, 4.69) is 15.3 Å². The van der Waals surface area contributed by atoms with E-state index in [9.17, 15) is 9.18 Å². The van der Waals surface area contributed by atoms with Gasteiger partial charge in [0.15, 0.2) is 0 Å². The van der Waals surface area contributed by atoms with E-state index in [0.29, 0.717) is 11.3 Å². The second-order valence-corrected chi connectivity index (χ2v) is 6.17. The highest BCUT2D eigenvalue weighted by Crippen LogP contribution is 2.22. The molecular formula is C21H20FN3O2. The number of aromatic nitrogens is 2. The molecule has 0 saturated carbocycles. The molecule has 6 heteroatoms. The Kier molecular flexibility index (Phi) is 5.76. The minimum atomic E-state index is -0.333. The maximum Gasteiger partial charge on any atom is 0.321 e. The molecule has 0 bridgehead atoms. The molecule has 0 aliphatic heterocycles. The van der Waals surface area contributed by atoms with Crippen molar-refractivity contribution >= 4 is 5.91 Å². The van der Waals surface area contributed by atoms with Gasteiger partial charge in [0.1, 0.15) is 11.6 Å². The zero-order valence-electron chi connectivity index (χ0n) is 15.1. The second kappa shape index (κ2) is 8.40. The van der Waals surface area contributed by atoms with Gasteiger partial charge >= 0.3 is 6.01 Å². The SMILES string of the molecule is CCC(C)NC(=O)c1ccc(-c2cnc(Oc3ccc(F)cc3)nc2)cc1. The topological polar surface area (TPSA) is 64.1 Å². The summed E-state index contributed by atoms with van der Waals surface area (Å²) in [6.45, 7) is 4.00. The molecule has 0 fully saturated rings. The molecule has 2 aromatic carbocycles. The van der Waals surface area contributed by atoms with Crippen molar-refractivity contribution < 1.29 is 13.9 Å². The predicted octanol–water partition coefficient (Wildman–Crippen LogP) is 4.60.